The molecule has 5 atom stereocenters. The van der Waals surface area contributed by atoms with E-state index in [4.69, 9.17) is 13.7 Å². The number of amides is 1. The summed E-state index contributed by atoms with van der Waals surface area (Å²) in [6.07, 6.45) is 1.79. The smallest absolute Gasteiger partial charge is 0.264 e. The predicted octanol–water partition coefficient (Wildman–Crippen LogP) is 2.72. The first kappa shape index (κ1) is 22.2. The van der Waals surface area contributed by atoms with Crippen LogP contribution >= 0.6 is 0 Å². The van der Waals surface area contributed by atoms with Crippen molar-refractivity contribution in [2.24, 2.45) is 11.3 Å². The van der Waals surface area contributed by atoms with Gasteiger partial charge >= 0.3 is 0 Å². The van der Waals surface area contributed by atoms with Crippen LogP contribution in [-0.2, 0) is 23.8 Å². The van der Waals surface area contributed by atoms with Crippen molar-refractivity contribution in [2.45, 2.75) is 64.6 Å². The number of hydrogen-bond donors (Lipinski definition) is 1. The zero-order valence-corrected chi connectivity index (χ0v) is 18.3. The average Bonchev–Trinajstić information content (AvgIpc) is 3.15. The van der Waals surface area contributed by atoms with E-state index < -0.39 is 34.7 Å². The van der Waals surface area contributed by atoms with Gasteiger partial charge in [0.05, 0.1) is 12.4 Å². The molecule has 1 N–H and O–H groups in total. The molecule has 8 heteroatoms. The summed E-state index contributed by atoms with van der Waals surface area (Å²) < 4.78 is 41.4. The first-order chi connectivity index (χ1) is 13.6. The van der Waals surface area contributed by atoms with E-state index in [-0.39, 0.29) is 17.2 Å². The van der Waals surface area contributed by atoms with Gasteiger partial charge in [-0.2, -0.15) is 8.42 Å². The molecule has 29 heavy (non-hydrogen) atoms. The number of hydrogen-bond acceptors (Lipinski definition) is 6. The van der Waals surface area contributed by atoms with Crippen LogP contribution in [0.4, 0.5) is 0 Å². The summed E-state index contributed by atoms with van der Waals surface area (Å²) in [6.45, 7) is 6.60. The van der Waals surface area contributed by atoms with Crippen molar-refractivity contribution < 1.29 is 26.9 Å². The van der Waals surface area contributed by atoms with Gasteiger partial charge in [0.1, 0.15) is 12.1 Å². The lowest BCUT2D eigenvalue weighted by molar-refractivity contribution is -0.148. The number of carbonyl (C=O) groups excluding carboxylic acids is 1. The SMILES string of the molecule is CCO[C@H]1O[C@@H]([C@@H]2CCC(C)(C)C2)[C@@H](OS(C)(=O)=O)[C@@H]1NC(=O)c1ccccc1. The lowest BCUT2D eigenvalue weighted by Gasteiger charge is -2.27. The highest BCUT2D eigenvalue weighted by atomic mass is 32.2. The molecule has 1 heterocycles. The molecule has 2 aliphatic rings. The Balaban J connectivity index is 1.87. The maximum absolute atomic E-state index is 12.8. The second kappa shape index (κ2) is 8.71. The van der Waals surface area contributed by atoms with E-state index in [0.29, 0.717) is 12.2 Å². The van der Waals surface area contributed by atoms with Crippen LogP contribution in [0.15, 0.2) is 30.3 Å². The predicted molar refractivity (Wildman–Crippen MR) is 109 cm³/mol. The maximum atomic E-state index is 12.8. The molecule has 0 spiro atoms. The highest BCUT2D eigenvalue weighted by molar-refractivity contribution is 7.86. The summed E-state index contributed by atoms with van der Waals surface area (Å²) in [4.78, 5) is 12.8. The Bertz CT molecular complexity index is 810. The molecule has 162 valence electrons. The maximum Gasteiger partial charge on any atom is 0.264 e. The molecule has 0 aromatic heterocycles. The number of nitrogens with one attached hydrogen (secondary N) is 1. The number of benzene rings is 1. The van der Waals surface area contributed by atoms with E-state index in [1.165, 1.54) is 0 Å². The van der Waals surface area contributed by atoms with Crippen molar-refractivity contribution in [3.8, 4) is 0 Å². The van der Waals surface area contributed by atoms with Gasteiger partial charge in [0, 0.05) is 12.2 Å². The first-order valence-electron chi connectivity index (χ1n) is 10.1. The summed E-state index contributed by atoms with van der Waals surface area (Å²) in [5.74, 6) is -0.184. The van der Waals surface area contributed by atoms with E-state index >= 15 is 0 Å². The fourth-order valence-electron chi connectivity index (χ4n) is 4.42. The molecular weight excluding hydrogens is 394 g/mol. The van der Waals surface area contributed by atoms with Gasteiger partial charge in [-0.3, -0.25) is 8.98 Å². The molecule has 1 amide bonds. The van der Waals surface area contributed by atoms with Crippen LogP contribution in [0.25, 0.3) is 0 Å². The summed E-state index contributed by atoms with van der Waals surface area (Å²) in [5.41, 5.74) is 0.641. The Kier molecular flexibility index (Phi) is 6.67. The van der Waals surface area contributed by atoms with Gasteiger partial charge in [0.2, 0.25) is 0 Å². The fourth-order valence-corrected chi connectivity index (χ4v) is 5.06. The Hall–Kier alpha value is -1.48. The molecule has 2 fully saturated rings. The van der Waals surface area contributed by atoms with E-state index in [2.05, 4.69) is 19.2 Å². The number of ether oxygens (including phenoxy) is 2. The molecule has 3 rings (SSSR count). The van der Waals surface area contributed by atoms with Gasteiger partial charge in [-0.05, 0) is 49.7 Å². The summed E-state index contributed by atoms with van der Waals surface area (Å²) in [6, 6.07) is 8.04. The van der Waals surface area contributed by atoms with E-state index in [9.17, 15) is 13.2 Å². The second-order valence-corrected chi connectivity index (χ2v) is 10.3. The monoisotopic (exact) mass is 425 g/mol. The van der Waals surface area contributed by atoms with Crippen molar-refractivity contribution in [3.63, 3.8) is 0 Å². The molecule has 1 saturated heterocycles. The largest absolute Gasteiger partial charge is 0.351 e. The van der Waals surface area contributed by atoms with Gasteiger partial charge < -0.3 is 14.8 Å². The third-order valence-corrected chi connectivity index (χ3v) is 6.26. The van der Waals surface area contributed by atoms with Crippen LogP contribution in [0, 0.1) is 11.3 Å². The fraction of sp³-hybridized carbons (Fsp3) is 0.667. The lowest BCUT2D eigenvalue weighted by Crippen LogP contribution is -2.50. The number of carbonyl (C=O) groups is 1. The molecule has 0 radical (unpaired) electrons. The van der Waals surface area contributed by atoms with Crippen LogP contribution in [0.2, 0.25) is 0 Å². The zero-order chi connectivity index (χ0) is 21.2. The molecule has 1 aromatic carbocycles. The Morgan fingerprint density at radius 3 is 2.52 bits per heavy atom. The molecule has 1 aliphatic carbocycles. The molecule has 1 saturated carbocycles. The van der Waals surface area contributed by atoms with Gasteiger partial charge in [0.25, 0.3) is 16.0 Å². The average molecular weight is 426 g/mol. The van der Waals surface area contributed by atoms with Crippen LogP contribution in [0.5, 0.6) is 0 Å². The Morgan fingerprint density at radius 1 is 1.28 bits per heavy atom. The molecule has 1 aromatic rings. The van der Waals surface area contributed by atoms with Crippen molar-refractivity contribution >= 4 is 16.0 Å². The lowest BCUT2D eigenvalue weighted by atomic mass is 9.87. The molecule has 7 nitrogen and oxygen atoms in total. The topological polar surface area (TPSA) is 90.9 Å². The molecular formula is C21H31NO6S. The van der Waals surface area contributed by atoms with Crippen molar-refractivity contribution in [3.05, 3.63) is 35.9 Å². The first-order valence-corrected chi connectivity index (χ1v) is 11.9. The highest BCUT2D eigenvalue weighted by Gasteiger charge is 2.53. The van der Waals surface area contributed by atoms with Crippen LogP contribution in [0.3, 0.4) is 0 Å². The Labute approximate surface area is 173 Å². The van der Waals surface area contributed by atoms with Gasteiger partial charge in [0.15, 0.2) is 6.29 Å². The van der Waals surface area contributed by atoms with E-state index in [1.54, 1.807) is 24.3 Å². The zero-order valence-electron chi connectivity index (χ0n) is 17.5. The van der Waals surface area contributed by atoms with Gasteiger partial charge in [-0.25, -0.2) is 0 Å². The van der Waals surface area contributed by atoms with Crippen LogP contribution in [0.1, 0.15) is 50.4 Å². The summed E-state index contributed by atoms with van der Waals surface area (Å²) >= 11 is 0. The quantitative estimate of drug-likeness (QED) is 0.676. The standard InChI is InChI=1S/C21H31NO6S/c1-5-26-20-16(22-19(23)14-9-7-6-8-10-14)18(28-29(4,24)25)17(27-20)15-11-12-21(2,3)13-15/h6-10,15-18,20H,5,11-13H2,1-4H3,(H,22,23)/t15-,16+,17+,18+,20+/m1/s1. The molecule has 1 aliphatic heterocycles. The Morgan fingerprint density at radius 2 is 1.97 bits per heavy atom. The molecule has 0 bridgehead atoms. The van der Waals surface area contributed by atoms with Crippen molar-refractivity contribution in [2.75, 3.05) is 12.9 Å². The van der Waals surface area contributed by atoms with Crippen LogP contribution in [-0.4, -0.2) is 51.7 Å². The minimum atomic E-state index is -3.76. The summed E-state index contributed by atoms with van der Waals surface area (Å²) in [7, 11) is -3.76. The molecule has 0 unspecified atom stereocenters. The van der Waals surface area contributed by atoms with Gasteiger partial charge in [-0.15, -0.1) is 0 Å². The van der Waals surface area contributed by atoms with Gasteiger partial charge in [-0.1, -0.05) is 32.0 Å². The number of rotatable bonds is 7. The summed E-state index contributed by atoms with van der Waals surface area (Å²) in [5, 5.41) is 2.90. The second-order valence-electron chi connectivity index (χ2n) is 8.72. The van der Waals surface area contributed by atoms with Crippen molar-refractivity contribution in [1.29, 1.82) is 0 Å². The minimum Gasteiger partial charge on any atom is -0.351 e. The third-order valence-electron chi connectivity index (χ3n) is 5.68. The highest BCUT2D eigenvalue weighted by Crippen LogP contribution is 2.46. The van der Waals surface area contributed by atoms with E-state index in [0.717, 1.165) is 25.5 Å². The minimum absolute atomic E-state index is 0.137. The van der Waals surface area contributed by atoms with E-state index in [1.807, 2.05) is 13.0 Å². The third kappa shape index (κ3) is 5.57. The van der Waals surface area contributed by atoms with Crippen molar-refractivity contribution in [1.82, 2.24) is 5.32 Å². The van der Waals surface area contributed by atoms with Crippen LogP contribution < -0.4 is 5.32 Å². The normalized spacial score (nSPS) is 31.7.